The molecule has 3 N–H and O–H groups in total. The first-order valence-electron chi connectivity index (χ1n) is 9.39. The van der Waals surface area contributed by atoms with Crippen molar-refractivity contribution in [3.8, 4) is 0 Å². The van der Waals surface area contributed by atoms with E-state index in [0.717, 1.165) is 49.9 Å². The Labute approximate surface area is 190 Å². The predicted molar refractivity (Wildman–Crippen MR) is 122 cm³/mol. The summed E-state index contributed by atoms with van der Waals surface area (Å²) in [4.78, 5) is 12.5. The summed E-state index contributed by atoms with van der Waals surface area (Å²) < 4.78 is 5.61. The van der Waals surface area contributed by atoms with Crippen LogP contribution in [0.3, 0.4) is 0 Å². The number of aryl methyl sites for hydroxylation is 3. The fourth-order valence-electron chi connectivity index (χ4n) is 3.10. The van der Waals surface area contributed by atoms with E-state index in [-0.39, 0.29) is 34.9 Å². The van der Waals surface area contributed by atoms with Gasteiger partial charge < -0.3 is 0 Å². The minimum atomic E-state index is -0.0430. The van der Waals surface area contributed by atoms with E-state index in [9.17, 15) is 4.79 Å². The van der Waals surface area contributed by atoms with Crippen LogP contribution < -0.4 is 11.1 Å². The summed E-state index contributed by atoms with van der Waals surface area (Å²) in [7, 11) is 2.00. The molecule has 0 aliphatic carbocycles. The quantitative estimate of drug-likeness (QED) is 0.236. The van der Waals surface area contributed by atoms with Crippen molar-refractivity contribution in [1.29, 1.82) is 0 Å². The third kappa shape index (κ3) is 5.42. The van der Waals surface area contributed by atoms with E-state index >= 15 is 0 Å². The van der Waals surface area contributed by atoms with E-state index in [4.69, 9.17) is 5.73 Å². The molecule has 4 aromatic rings. The summed E-state index contributed by atoms with van der Waals surface area (Å²) in [6, 6.07) is 8.12. The van der Waals surface area contributed by atoms with Crippen LogP contribution in [-0.2, 0) is 31.1 Å². The van der Waals surface area contributed by atoms with Gasteiger partial charge in [0.25, 0.3) is 0 Å². The van der Waals surface area contributed by atoms with Gasteiger partial charge in [-0.2, -0.15) is 0 Å². The molecule has 0 aliphatic rings. The Kier molecular flexibility index (Phi) is 7.07. The van der Waals surface area contributed by atoms with Crippen molar-refractivity contribution in [2.24, 2.45) is 7.05 Å². The third-order valence-electron chi connectivity index (χ3n) is 4.45. The number of benzene rings is 1. The molecule has 0 saturated heterocycles. The van der Waals surface area contributed by atoms with Crippen molar-refractivity contribution in [3.63, 3.8) is 0 Å². The van der Waals surface area contributed by atoms with Crippen LogP contribution in [0.1, 0.15) is 14.7 Å². The molecule has 0 unspecified atom stereocenters. The van der Waals surface area contributed by atoms with Gasteiger partial charge in [-0.1, -0.05) is 0 Å². The van der Waals surface area contributed by atoms with E-state index in [1.807, 2.05) is 37.1 Å². The second kappa shape index (κ2) is 9.94. The van der Waals surface area contributed by atoms with Crippen LogP contribution in [0.15, 0.2) is 30.5 Å². The van der Waals surface area contributed by atoms with Gasteiger partial charge in [0, 0.05) is 0 Å². The van der Waals surface area contributed by atoms with E-state index in [1.165, 1.54) is 0 Å². The van der Waals surface area contributed by atoms with Gasteiger partial charge in [0.1, 0.15) is 0 Å². The Morgan fingerprint density at radius 3 is 2.60 bits per heavy atom. The fourth-order valence-corrected chi connectivity index (χ4v) is 7.42. The summed E-state index contributed by atoms with van der Waals surface area (Å²) in [5, 5.41) is 20.5. The number of thioether (sulfide) groups is 1. The number of nitrogens with two attached hydrogens (primary N) is 1. The molecule has 3 heterocycles. The number of nitrogens with zero attached hydrogens (tertiary/aromatic N) is 5. The fraction of sp³-hybridized carbons (Fsp3) is 0.316. The van der Waals surface area contributed by atoms with Crippen LogP contribution in [0.2, 0.25) is 0 Å². The molecule has 4 rings (SSSR count). The minimum absolute atomic E-state index is 0.00405. The van der Waals surface area contributed by atoms with Crippen LogP contribution in [0.4, 0.5) is 9.38 Å². The zero-order valence-electron chi connectivity index (χ0n) is 16.4. The monoisotopic (exact) mass is 555 g/mol. The van der Waals surface area contributed by atoms with Crippen molar-refractivity contribution in [1.82, 2.24) is 25.0 Å². The van der Waals surface area contributed by atoms with E-state index in [1.54, 1.807) is 0 Å². The van der Waals surface area contributed by atoms with E-state index in [2.05, 4.69) is 42.4 Å². The van der Waals surface area contributed by atoms with Gasteiger partial charge in [-0.05, 0) is 0 Å². The van der Waals surface area contributed by atoms with Gasteiger partial charge in [-0.15, -0.1) is 0 Å². The molecule has 0 fully saturated rings. The summed E-state index contributed by atoms with van der Waals surface area (Å²) in [6.07, 6.45) is 4.19. The van der Waals surface area contributed by atoms with Gasteiger partial charge in [-0.25, -0.2) is 0 Å². The molecular weight excluding hydrogens is 532 g/mol. The Bertz CT molecular complexity index is 1150. The third-order valence-corrected chi connectivity index (χ3v) is 9.02. The molecule has 0 atom stereocenters. The van der Waals surface area contributed by atoms with Crippen molar-refractivity contribution < 1.29 is 4.79 Å². The number of nitrogens with one attached hydrogen (secondary N) is 1. The Balaban J connectivity index is 1.23. The predicted octanol–water partition coefficient (Wildman–Crippen LogP) is 1.15. The molecule has 30 heavy (non-hydrogen) atoms. The number of carbonyl (C=O) groups is 1. The molecule has 0 radical (unpaired) electrons. The Morgan fingerprint density at radius 2 is 1.83 bits per heavy atom. The zero-order chi connectivity index (χ0) is 20.9. The molecule has 0 spiro atoms. The average Bonchev–Trinajstić information content (AvgIpc) is 3.42. The Hall–Kier alpha value is -1.90. The van der Waals surface area contributed by atoms with Crippen molar-refractivity contribution in [3.05, 3.63) is 45.2 Å². The van der Waals surface area contributed by atoms with Gasteiger partial charge in [-0.3, -0.25) is 0 Å². The van der Waals surface area contributed by atoms with Crippen molar-refractivity contribution >= 4 is 67.0 Å². The number of para-hydroxylation sites is 1. The molecule has 8 nitrogen and oxygen atoms in total. The molecule has 156 valence electrons. The number of hydrogen-bond acceptors (Lipinski definition) is 7. The SMILES string of the molecule is Cn1cc(CC(=O)Nc2nnc(CCSCCc3nnc(N)[se]3)[se]2)c2ccccc21. The molecule has 0 saturated carbocycles. The van der Waals surface area contributed by atoms with Gasteiger partial charge in [0.2, 0.25) is 0 Å². The summed E-state index contributed by atoms with van der Waals surface area (Å²) in [5.41, 5.74) is 7.80. The first-order valence-corrected chi connectivity index (χ1v) is 14.0. The van der Waals surface area contributed by atoms with Crippen LogP contribution in [0.5, 0.6) is 0 Å². The number of anilines is 2. The first-order chi connectivity index (χ1) is 14.6. The van der Waals surface area contributed by atoms with Crippen molar-refractivity contribution in [2.45, 2.75) is 19.3 Å². The normalized spacial score (nSPS) is 11.2. The number of amides is 1. The number of hydrogen-bond donors (Lipinski definition) is 2. The molecule has 1 amide bonds. The van der Waals surface area contributed by atoms with Gasteiger partial charge >= 0.3 is 191 Å². The second-order valence-electron chi connectivity index (χ2n) is 6.65. The molecular formula is C19H21N7OSSe2. The van der Waals surface area contributed by atoms with Crippen LogP contribution in [0, 0.1) is 0 Å². The summed E-state index contributed by atoms with van der Waals surface area (Å²) in [6.45, 7) is 0. The van der Waals surface area contributed by atoms with Crippen LogP contribution in [-0.4, -0.2) is 71.4 Å². The number of rotatable bonds is 9. The first kappa shape index (κ1) is 21.3. The number of nitrogen functional groups attached to an aromatic ring is 1. The molecule has 0 bridgehead atoms. The Morgan fingerprint density at radius 1 is 1.10 bits per heavy atom. The summed E-state index contributed by atoms with van der Waals surface area (Å²) >= 11 is 2.02. The molecule has 3 aromatic heterocycles. The maximum absolute atomic E-state index is 12.5. The number of fused-ring (bicyclic) bond motifs is 1. The van der Waals surface area contributed by atoms with E-state index < -0.39 is 0 Å². The zero-order valence-corrected chi connectivity index (χ0v) is 20.6. The van der Waals surface area contributed by atoms with Gasteiger partial charge in [0.15, 0.2) is 0 Å². The van der Waals surface area contributed by atoms with Crippen LogP contribution >= 0.6 is 11.8 Å². The van der Waals surface area contributed by atoms with Crippen molar-refractivity contribution in [2.75, 3.05) is 22.6 Å². The average molecular weight is 553 g/mol. The summed E-state index contributed by atoms with van der Waals surface area (Å²) in [5.74, 6) is 1.96. The molecule has 0 aliphatic heterocycles. The topological polar surface area (TPSA) is 112 Å². The molecule has 1 aromatic carbocycles. The second-order valence-corrected chi connectivity index (χ2v) is 12.4. The van der Waals surface area contributed by atoms with Crippen LogP contribution in [0.25, 0.3) is 10.9 Å². The van der Waals surface area contributed by atoms with E-state index in [0.29, 0.717) is 15.8 Å². The maximum atomic E-state index is 12.5. The standard InChI is InChI=1S/C19H21N7OSSe2/c1-26-11-12(13-4-2-3-5-14(13)26)10-15(27)21-19-25-23-17(30-19)7-9-28-8-6-16-22-24-18(20)29-16/h2-5,11H,6-10H2,1H3,(H2,20,24)(H,21,25,27). The molecule has 11 heteroatoms. The number of carbonyl (C=O) groups excluding carboxylic acids is 1. The van der Waals surface area contributed by atoms with Gasteiger partial charge in [0.05, 0.1) is 0 Å². The number of aromatic nitrogens is 5.